The summed E-state index contributed by atoms with van der Waals surface area (Å²) in [5.74, 6) is -0.250. The number of para-hydroxylation sites is 1. The van der Waals surface area contributed by atoms with Crippen LogP contribution in [0.2, 0.25) is 5.02 Å². The summed E-state index contributed by atoms with van der Waals surface area (Å²) in [6.07, 6.45) is 1.92. The second-order valence-electron chi connectivity index (χ2n) is 7.00. The van der Waals surface area contributed by atoms with Crippen molar-refractivity contribution in [1.82, 2.24) is 9.88 Å². The van der Waals surface area contributed by atoms with Crippen molar-refractivity contribution in [3.63, 3.8) is 0 Å². The first-order chi connectivity index (χ1) is 13.9. The average molecular weight is 431 g/mol. The number of non-ortho nitro benzene ring substituents is 1. The van der Waals surface area contributed by atoms with Crippen LogP contribution in [-0.2, 0) is 4.79 Å². The number of nitro benzene ring substituents is 1. The van der Waals surface area contributed by atoms with Crippen molar-refractivity contribution in [2.75, 3.05) is 11.9 Å². The highest BCUT2D eigenvalue weighted by Crippen LogP contribution is 2.38. The maximum absolute atomic E-state index is 12.9. The SMILES string of the molecule is CC(C(=O)Nc1cc([N+](=O)[O-])ccc1Cl)N1CCCC1c1nc2ccccc2s1. The number of nitrogens with zero attached hydrogens (tertiary/aromatic N) is 3. The zero-order valence-electron chi connectivity index (χ0n) is 15.7. The number of fused-ring (bicyclic) bond motifs is 1. The molecule has 1 aliphatic rings. The van der Waals surface area contributed by atoms with Crippen LogP contribution in [0.1, 0.15) is 30.8 Å². The number of benzene rings is 2. The van der Waals surface area contributed by atoms with Gasteiger partial charge in [-0.05, 0) is 44.5 Å². The van der Waals surface area contributed by atoms with Gasteiger partial charge >= 0.3 is 0 Å². The van der Waals surface area contributed by atoms with Gasteiger partial charge in [-0.3, -0.25) is 19.8 Å². The Morgan fingerprint density at radius 3 is 2.93 bits per heavy atom. The number of rotatable bonds is 5. The summed E-state index contributed by atoms with van der Waals surface area (Å²) in [5, 5.41) is 15.0. The van der Waals surface area contributed by atoms with E-state index in [1.165, 1.54) is 18.2 Å². The molecule has 2 aromatic carbocycles. The standard InChI is InChI=1S/C20H19ClN4O3S/c1-12(19(26)22-16-11-13(25(27)28)8-9-14(16)21)24-10-4-6-17(24)20-23-15-5-2-3-7-18(15)29-20/h2-3,5,7-9,11-12,17H,4,6,10H2,1H3,(H,22,26). The molecule has 29 heavy (non-hydrogen) atoms. The van der Waals surface area contributed by atoms with Crippen molar-refractivity contribution >= 4 is 50.4 Å². The molecule has 0 radical (unpaired) electrons. The van der Waals surface area contributed by atoms with Gasteiger partial charge in [0.15, 0.2) is 0 Å². The number of thiazole rings is 1. The van der Waals surface area contributed by atoms with Crippen LogP contribution in [0.25, 0.3) is 10.2 Å². The van der Waals surface area contributed by atoms with Gasteiger partial charge in [-0.1, -0.05) is 23.7 Å². The molecule has 150 valence electrons. The molecule has 1 N–H and O–H groups in total. The van der Waals surface area contributed by atoms with Crippen molar-refractivity contribution in [3.05, 3.63) is 62.6 Å². The van der Waals surface area contributed by atoms with E-state index in [1.54, 1.807) is 11.3 Å². The maximum Gasteiger partial charge on any atom is 0.271 e. The first-order valence-corrected chi connectivity index (χ1v) is 10.5. The number of likely N-dealkylation sites (tertiary alicyclic amines) is 1. The molecule has 1 aliphatic heterocycles. The number of anilines is 1. The Labute approximate surface area is 176 Å². The topological polar surface area (TPSA) is 88.4 Å². The molecular formula is C20H19ClN4O3S. The first kappa shape index (κ1) is 19.8. The largest absolute Gasteiger partial charge is 0.323 e. The molecule has 1 aromatic heterocycles. The highest BCUT2D eigenvalue weighted by atomic mass is 35.5. The van der Waals surface area contributed by atoms with Crippen molar-refractivity contribution in [2.24, 2.45) is 0 Å². The third kappa shape index (κ3) is 3.96. The van der Waals surface area contributed by atoms with Gasteiger partial charge in [0.05, 0.1) is 37.9 Å². The lowest BCUT2D eigenvalue weighted by molar-refractivity contribution is -0.384. The normalized spacial score (nSPS) is 18.1. The molecule has 1 saturated heterocycles. The fourth-order valence-electron chi connectivity index (χ4n) is 3.66. The van der Waals surface area contributed by atoms with Gasteiger partial charge in [-0.25, -0.2) is 4.98 Å². The number of hydrogen-bond acceptors (Lipinski definition) is 6. The molecule has 0 saturated carbocycles. The van der Waals surface area contributed by atoms with E-state index in [4.69, 9.17) is 16.6 Å². The third-order valence-electron chi connectivity index (χ3n) is 5.19. The van der Waals surface area contributed by atoms with E-state index in [2.05, 4.69) is 16.3 Å². The predicted octanol–water partition coefficient (Wildman–Crippen LogP) is 5.02. The highest BCUT2D eigenvalue weighted by Gasteiger charge is 2.35. The zero-order valence-corrected chi connectivity index (χ0v) is 17.2. The van der Waals surface area contributed by atoms with Gasteiger partial charge in [0.1, 0.15) is 5.01 Å². The Kier molecular flexibility index (Phi) is 5.49. The van der Waals surface area contributed by atoms with Crippen LogP contribution in [0.15, 0.2) is 42.5 Å². The summed E-state index contributed by atoms with van der Waals surface area (Å²) in [5.41, 5.74) is 1.10. The molecule has 1 fully saturated rings. The van der Waals surface area contributed by atoms with Crippen LogP contribution in [0.3, 0.4) is 0 Å². The van der Waals surface area contributed by atoms with Crippen LogP contribution in [0, 0.1) is 10.1 Å². The number of hydrogen-bond donors (Lipinski definition) is 1. The molecular weight excluding hydrogens is 412 g/mol. The monoisotopic (exact) mass is 430 g/mol. The fourth-order valence-corrected chi connectivity index (χ4v) is 4.95. The summed E-state index contributed by atoms with van der Waals surface area (Å²) in [7, 11) is 0. The van der Waals surface area contributed by atoms with E-state index in [0.29, 0.717) is 0 Å². The van der Waals surface area contributed by atoms with Crippen molar-refractivity contribution in [2.45, 2.75) is 31.8 Å². The van der Waals surface area contributed by atoms with E-state index >= 15 is 0 Å². The number of aromatic nitrogens is 1. The predicted molar refractivity (Wildman–Crippen MR) is 114 cm³/mol. The minimum absolute atomic E-state index is 0.0775. The lowest BCUT2D eigenvalue weighted by Gasteiger charge is -2.28. The van der Waals surface area contributed by atoms with Crippen molar-refractivity contribution in [3.8, 4) is 0 Å². The quantitative estimate of drug-likeness (QED) is 0.453. The summed E-state index contributed by atoms with van der Waals surface area (Å²) in [6.45, 7) is 2.63. The van der Waals surface area contributed by atoms with Gasteiger partial charge in [-0.15, -0.1) is 11.3 Å². The van der Waals surface area contributed by atoms with E-state index < -0.39 is 11.0 Å². The molecule has 2 unspecified atom stereocenters. The van der Waals surface area contributed by atoms with Gasteiger partial charge in [0, 0.05) is 12.1 Å². The number of carbonyl (C=O) groups excluding carboxylic acids is 1. The van der Waals surface area contributed by atoms with E-state index in [-0.39, 0.29) is 28.3 Å². The van der Waals surface area contributed by atoms with Crippen LogP contribution in [0.4, 0.5) is 11.4 Å². The smallest absolute Gasteiger partial charge is 0.271 e. The summed E-state index contributed by atoms with van der Waals surface area (Å²) in [4.78, 5) is 30.3. The molecule has 2 atom stereocenters. The van der Waals surface area contributed by atoms with Gasteiger partial charge < -0.3 is 5.32 Å². The van der Waals surface area contributed by atoms with E-state index in [9.17, 15) is 14.9 Å². The molecule has 9 heteroatoms. The summed E-state index contributed by atoms with van der Waals surface area (Å²) >= 11 is 7.78. The van der Waals surface area contributed by atoms with Crippen LogP contribution >= 0.6 is 22.9 Å². The Hall–Kier alpha value is -2.55. The molecule has 4 rings (SSSR count). The first-order valence-electron chi connectivity index (χ1n) is 9.30. The lowest BCUT2D eigenvalue weighted by Crippen LogP contribution is -2.41. The molecule has 1 amide bonds. The number of amides is 1. The minimum Gasteiger partial charge on any atom is -0.323 e. The van der Waals surface area contributed by atoms with Gasteiger partial charge in [0.2, 0.25) is 5.91 Å². The van der Waals surface area contributed by atoms with Crippen molar-refractivity contribution < 1.29 is 9.72 Å². The minimum atomic E-state index is -0.515. The van der Waals surface area contributed by atoms with Crippen LogP contribution in [0.5, 0.6) is 0 Å². The second kappa shape index (κ2) is 8.06. The molecule has 3 aromatic rings. The van der Waals surface area contributed by atoms with E-state index in [1.807, 2.05) is 25.1 Å². The van der Waals surface area contributed by atoms with Crippen LogP contribution < -0.4 is 5.32 Å². The number of halogens is 1. The van der Waals surface area contributed by atoms with Crippen LogP contribution in [-0.4, -0.2) is 33.3 Å². The maximum atomic E-state index is 12.9. The summed E-state index contributed by atoms with van der Waals surface area (Å²) in [6, 6.07) is 11.7. The van der Waals surface area contributed by atoms with Gasteiger partial charge in [0.25, 0.3) is 5.69 Å². The molecule has 7 nitrogen and oxygen atoms in total. The van der Waals surface area contributed by atoms with Gasteiger partial charge in [-0.2, -0.15) is 0 Å². The molecule has 0 bridgehead atoms. The highest BCUT2D eigenvalue weighted by molar-refractivity contribution is 7.18. The average Bonchev–Trinajstić information content (AvgIpc) is 3.35. The Bertz CT molecular complexity index is 1050. The zero-order chi connectivity index (χ0) is 20.5. The molecule has 0 spiro atoms. The Morgan fingerprint density at radius 2 is 2.17 bits per heavy atom. The molecule has 2 heterocycles. The summed E-state index contributed by atoms with van der Waals surface area (Å²) < 4.78 is 1.13. The fraction of sp³-hybridized carbons (Fsp3) is 0.300. The lowest BCUT2D eigenvalue weighted by atomic mass is 10.2. The number of nitro groups is 1. The number of nitrogens with one attached hydrogen (secondary N) is 1. The van der Waals surface area contributed by atoms with E-state index in [0.717, 1.165) is 34.6 Å². The third-order valence-corrected chi connectivity index (χ3v) is 6.65. The Morgan fingerprint density at radius 1 is 1.38 bits per heavy atom. The molecule has 0 aliphatic carbocycles. The Balaban J connectivity index is 1.53. The van der Waals surface area contributed by atoms with Crippen molar-refractivity contribution in [1.29, 1.82) is 0 Å². The number of carbonyl (C=O) groups is 1. The second-order valence-corrected chi connectivity index (χ2v) is 8.47.